The van der Waals surface area contributed by atoms with Crippen molar-refractivity contribution in [2.24, 2.45) is 5.92 Å². The van der Waals surface area contributed by atoms with Crippen LogP contribution in [0.3, 0.4) is 0 Å². The van der Waals surface area contributed by atoms with Gasteiger partial charge in [0.15, 0.2) is 5.79 Å². The molecule has 1 saturated heterocycles. The maximum absolute atomic E-state index is 6.23. The highest BCUT2D eigenvalue weighted by Crippen LogP contribution is 2.40. The van der Waals surface area contributed by atoms with Gasteiger partial charge in [-0.05, 0) is 59.3 Å². The number of halogens is 2. The third-order valence-corrected chi connectivity index (χ3v) is 7.14. The van der Waals surface area contributed by atoms with Gasteiger partial charge in [-0.3, -0.25) is 0 Å². The molecule has 0 aromatic heterocycles. The number of aryl methyl sites for hydroxylation is 1. The summed E-state index contributed by atoms with van der Waals surface area (Å²) in [5.74, 6) is 1.66. The maximum Gasteiger partial charge on any atom is 0.168 e. The van der Waals surface area contributed by atoms with Gasteiger partial charge in [-0.15, -0.1) is 11.8 Å². The average molecular weight is 392 g/mol. The number of ether oxygens (including phenoxy) is 2. The lowest BCUT2D eigenvalue weighted by atomic mass is 9.86. The van der Waals surface area contributed by atoms with Crippen molar-refractivity contribution in [1.82, 2.24) is 0 Å². The summed E-state index contributed by atoms with van der Waals surface area (Å²) in [7, 11) is 0. The van der Waals surface area contributed by atoms with E-state index >= 15 is 0 Å². The summed E-state index contributed by atoms with van der Waals surface area (Å²) in [5.41, 5.74) is 1.19. The van der Waals surface area contributed by atoms with Crippen molar-refractivity contribution in [3.63, 3.8) is 0 Å². The standard InChI is InChI=1S/C16H20BrClO2S/c1-11-8-13(9-14(18)15(11)17)21-10-12-2-4-16(5-3-12)19-6-7-20-16/h8-9,12H,2-7,10H2,1H3. The monoisotopic (exact) mass is 390 g/mol. The Balaban J connectivity index is 1.52. The van der Waals surface area contributed by atoms with E-state index in [0.717, 1.165) is 47.2 Å². The first kappa shape index (κ1) is 16.1. The zero-order chi connectivity index (χ0) is 14.9. The van der Waals surface area contributed by atoms with Gasteiger partial charge in [0.25, 0.3) is 0 Å². The van der Waals surface area contributed by atoms with Crippen molar-refractivity contribution in [3.8, 4) is 0 Å². The van der Waals surface area contributed by atoms with Gasteiger partial charge in [0.05, 0.1) is 18.2 Å². The molecule has 1 heterocycles. The minimum atomic E-state index is -0.237. The fourth-order valence-electron chi connectivity index (χ4n) is 3.06. The van der Waals surface area contributed by atoms with Crippen LogP contribution in [0.2, 0.25) is 5.02 Å². The van der Waals surface area contributed by atoms with Crippen LogP contribution in [0, 0.1) is 12.8 Å². The van der Waals surface area contributed by atoms with E-state index in [1.807, 2.05) is 11.8 Å². The normalized spacial score (nSPS) is 22.0. The van der Waals surface area contributed by atoms with Gasteiger partial charge >= 0.3 is 0 Å². The molecule has 1 saturated carbocycles. The van der Waals surface area contributed by atoms with E-state index in [2.05, 4.69) is 35.0 Å². The Labute approximate surface area is 144 Å². The lowest BCUT2D eigenvalue weighted by molar-refractivity contribution is -0.181. The topological polar surface area (TPSA) is 18.5 Å². The van der Waals surface area contributed by atoms with E-state index in [4.69, 9.17) is 21.1 Å². The molecule has 2 nitrogen and oxygen atoms in total. The molecular formula is C16H20BrClO2S. The van der Waals surface area contributed by atoms with E-state index in [1.54, 1.807) is 0 Å². The molecule has 1 aromatic carbocycles. The highest BCUT2D eigenvalue weighted by Gasteiger charge is 2.40. The minimum absolute atomic E-state index is 0.237. The maximum atomic E-state index is 6.23. The molecule has 0 N–H and O–H groups in total. The first-order valence-electron chi connectivity index (χ1n) is 7.44. The van der Waals surface area contributed by atoms with Crippen molar-refractivity contribution in [1.29, 1.82) is 0 Å². The fraction of sp³-hybridized carbons (Fsp3) is 0.625. The molecule has 2 fully saturated rings. The molecule has 3 rings (SSSR count). The third kappa shape index (κ3) is 3.78. The molecule has 0 unspecified atom stereocenters. The van der Waals surface area contributed by atoms with Crippen molar-refractivity contribution in [2.45, 2.75) is 43.3 Å². The van der Waals surface area contributed by atoms with Crippen LogP contribution >= 0.6 is 39.3 Å². The molecule has 5 heteroatoms. The molecule has 1 aliphatic carbocycles. The zero-order valence-electron chi connectivity index (χ0n) is 12.2. The predicted octanol–water partition coefficient (Wildman–Crippen LogP) is 5.44. The first-order valence-corrected chi connectivity index (χ1v) is 9.60. The molecule has 1 aromatic rings. The van der Waals surface area contributed by atoms with Crippen LogP contribution in [-0.2, 0) is 9.47 Å². The zero-order valence-corrected chi connectivity index (χ0v) is 15.3. The Morgan fingerprint density at radius 3 is 2.57 bits per heavy atom. The van der Waals surface area contributed by atoms with Crippen LogP contribution in [0.5, 0.6) is 0 Å². The van der Waals surface area contributed by atoms with Crippen molar-refractivity contribution >= 4 is 39.3 Å². The van der Waals surface area contributed by atoms with Crippen LogP contribution in [0.4, 0.5) is 0 Å². The number of hydrogen-bond donors (Lipinski definition) is 0. The number of thioether (sulfide) groups is 1. The Morgan fingerprint density at radius 2 is 1.95 bits per heavy atom. The lowest BCUT2D eigenvalue weighted by Gasteiger charge is -2.35. The van der Waals surface area contributed by atoms with Gasteiger partial charge in [-0.25, -0.2) is 0 Å². The smallest absolute Gasteiger partial charge is 0.168 e. The van der Waals surface area contributed by atoms with E-state index in [-0.39, 0.29) is 5.79 Å². The van der Waals surface area contributed by atoms with E-state index < -0.39 is 0 Å². The van der Waals surface area contributed by atoms with Crippen molar-refractivity contribution in [2.75, 3.05) is 19.0 Å². The summed E-state index contributed by atoms with van der Waals surface area (Å²) in [6.07, 6.45) is 4.46. The van der Waals surface area contributed by atoms with Crippen LogP contribution < -0.4 is 0 Å². The lowest BCUT2D eigenvalue weighted by Crippen LogP contribution is -2.35. The van der Waals surface area contributed by atoms with Gasteiger partial charge in [0, 0.05) is 28.0 Å². The Morgan fingerprint density at radius 1 is 1.29 bits per heavy atom. The SMILES string of the molecule is Cc1cc(SCC2CCC3(CC2)OCCO3)cc(Cl)c1Br. The van der Waals surface area contributed by atoms with Gasteiger partial charge in [0.1, 0.15) is 0 Å². The Bertz CT molecular complexity index is 484. The van der Waals surface area contributed by atoms with Crippen molar-refractivity contribution in [3.05, 3.63) is 27.2 Å². The molecule has 2 aliphatic rings. The van der Waals surface area contributed by atoms with E-state index in [9.17, 15) is 0 Å². The summed E-state index contributed by atoms with van der Waals surface area (Å²) in [6.45, 7) is 3.60. The summed E-state index contributed by atoms with van der Waals surface area (Å²) in [6, 6.07) is 4.25. The largest absolute Gasteiger partial charge is 0.348 e. The Kier molecular flexibility index (Phi) is 5.22. The number of hydrogen-bond acceptors (Lipinski definition) is 3. The second kappa shape index (κ2) is 6.79. The van der Waals surface area contributed by atoms with Gasteiger partial charge in [-0.2, -0.15) is 0 Å². The quantitative estimate of drug-likeness (QED) is 0.639. The average Bonchev–Trinajstić information content (AvgIpc) is 2.92. The third-order valence-electron chi connectivity index (χ3n) is 4.35. The second-order valence-electron chi connectivity index (χ2n) is 5.90. The summed E-state index contributed by atoms with van der Waals surface area (Å²) in [4.78, 5) is 1.26. The van der Waals surface area contributed by atoms with Gasteiger partial charge in [-0.1, -0.05) is 11.6 Å². The highest BCUT2D eigenvalue weighted by atomic mass is 79.9. The Hall–Kier alpha value is 0.260. The van der Waals surface area contributed by atoms with Crippen LogP contribution in [-0.4, -0.2) is 24.8 Å². The van der Waals surface area contributed by atoms with Gasteiger partial charge < -0.3 is 9.47 Å². The molecule has 0 bridgehead atoms. The molecule has 116 valence electrons. The summed E-state index contributed by atoms with van der Waals surface area (Å²) < 4.78 is 12.6. The first-order chi connectivity index (χ1) is 10.1. The fourth-order valence-corrected chi connectivity index (χ4v) is 4.85. The molecule has 0 amide bonds. The van der Waals surface area contributed by atoms with Gasteiger partial charge in [0.2, 0.25) is 0 Å². The molecular weight excluding hydrogens is 372 g/mol. The minimum Gasteiger partial charge on any atom is -0.348 e. The van der Waals surface area contributed by atoms with E-state index in [0.29, 0.717) is 0 Å². The molecule has 21 heavy (non-hydrogen) atoms. The van der Waals surface area contributed by atoms with Crippen LogP contribution in [0.1, 0.15) is 31.2 Å². The second-order valence-corrected chi connectivity index (χ2v) is 8.19. The molecule has 1 aliphatic heterocycles. The molecule has 1 spiro atoms. The highest BCUT2D eigenvalue weighted by molar-refractivity contribution is 9.10. The summed E-state index contributed by atoms with van der Waals surface area (Å²) in [5, 5.41) is 0.799. The van der Waals surface area contributed by atoms with Crippen LogP contribution in [0.15, 0.2) is 21.5 Å². The molecule has 0 radical (unpaired) electrons. The summed E-state index contributed by atoms with van der Waals surface area (Å²) >= 11 is 11.6. The number of benzene rings is 1. The van der Waals surface area contributed by atoms with Crippen molar-refractivity contribution < 1.29 is 9.47 Å². The molecule has 0 atom stereocenters. The predicted molar refractivity (Wildman–Crippen MR) is 91.2 cm³/mol. The van der Waals surface area contributed by atoms with Crippen LogP contribution in [0.25, 0.3) is 0 Å². The number of rotatable bonds is 3. The van der Waals surface area contributed by atoms with E-state index in [1.165, 1.54) is 23.3 Å².